The van der Waals surface area contributed by atoms with Gasteiger partial charge in [0.05, 0.1) is 0 Å². The second kappa shape index (κ2) is 4.26. The summed E-state index contributed by atoms with van der Waals surface area (Å²) < 4.78 is 1.81. The fourth-order valence-corrected chi connectivity index (χ4v) is 1.47. The van der Waals surface area contributed by atoms with E-state index in [-0.39, 0.29) is 5.56 Å². The Labute approximate surface area is 79.2 Å². The Kier molecular flexibility index (Phi) is 3.29. The predicted octanol–water partition coefficient (Wildman–Crippen LogP) is 2.27. The van der Waals surface area contributed by atoms with Crippen molar-refractivity contribution in [1.82, 2.24) is 4.57 Å². The predicted molar refractivity (Wildman–Crippen MR) is 55.1 cm³/mol. The van der Waals surface area contributed by atoms with Gasteiger partial charge in [-0.15, -0.1) is 0 Å². The van der Waals surface area contributed by atoms with Crippen molar-refractivity contribution in [3.05, 3.63) is 33.7 Å². The smallest absolute Gasteiger partial charge is 0.253 e. The first-order valence-electron chi connectivity index (χ1n) is 4.83. The molecule has 1 aromatic rings. The number of hydrogen-bond donors (Lipinski definition) is 0. The molecular formula is C11H17NO. The Balaban J connectivity index is 2.99. The quantitative estimate of drug-likeness (QED) is 0.697. The highest BCUT2D eigenvalue weighted by atomic mass is 16.1. The van der Waals surface area contributed by atoms with E-state index in [2.05, 4.69) is 6.92 Å². The standard InChI is InChI=1S/C11H17NO/c1-4-5-6-12-8-9(2)7-10(3)11(12)13/h7-8H,4-6H2,1-3H3. The van der Waals surface area contributed by atoms with Crippen molar-refractivity contribution in [2.75, 3.05) is 0 Å². The third-order valence-corrected chi connectivity index (χ3v) is 2.15. The summed E-state index contributed by atoms with van der Waals surface area (Å²) >= 11 is 0. The van der Waals surface area contributed by atoms with Gasteiger partial charge in [0.1, 0.15) is 0 Å². The molecule has 72 valence electrons. The molecule has 0 bridgehead atoms. The molecule has 0 aliphatic rings. The Hall–Kier alpha value is -1.05. The van der Waals surface area contributed by atoms with E-state index in [0.29, 0.717) is 0 Å². The van der Waals surface area contributed by atoms with Gasteiger partial charge < -0.3 is 4.57 Å². The van der Waals surface area contributed by atoms with E-state index in [1.807, 2.05) is 30.7 Å². The lowest BCUT2D eigenvalue weighted by Crippen LogP contribution is -2.21. The summed E-state index contributed by atoms with van der Waals surface area (Å²) in [6, 6.07) is 1.94. The molecule has 0 fully saturated rings. The lowest BCUT2D eigenvalue weighted by Gasteiger charge is -2.06. The topological polar surface area (TPSA) is 22.0 Å². The number of aryl methyl sites for hydroxylation is 3. The number of aromatic nitrogens is 1. The van der Waals surface area contributed by atoms with Crippen molar-refractivity contribution >= 4 is 0 Å². The molecule has 1 aromatic heterocycles. The molecule has 0 saturated carbocycles. The van der Waals surface area contributed by atoms with Crippen molar-refractivity contribution in [1.29, 1.82) is 0 Å². The van der Waals surface area contributed by atoms with E-state index in [1.165, 1.54) is 0 Å². The average molecular weight is 179 g/mol. The minimum atomic E-state index is 0.152. The van der Waals surface area contributed by atoms with Gasteiger partial charge in [-0.05, 0) is 31.9 Å². The molecule has 0 unspecified atom stereocenters. The normalized spacial score (nSPS) is 10.4. The molecule has 13 heavy (non-hydrogen) atoms. The van der Waals surface area contributed by atoms with Gasteiger partial charge in [-0.3, -0.25) is 4.79 Å². The number of unbranched alkanes of at least 4 members (excludes halogenated alkanes) is 1. The van der Waals surface area contributed by atoms with Crippen LogP contribution in [0.25, 0.3) is 0 Å². The molecule has 0 radical (unpaired) electrons. The Morgan fingerprint density at radius 3 is 2.69 bits per heavy atom. The molecule has 2 nitrogen and oxygen atoms in total. The molecule has 0 atom stereocenters. The first kappa shape index (κ1) is 10.0. The molecule has 0 aliphatic carbocycles. The van der Waals surface area contributed by atoms with Crippen molar-refractivity contribution in [2.45, 2.75) is 40.2 Å². The van der Waals surface area contributed by atoms with Crippen LogP contribution in [0.4, 0.5) is 0 Å². The fraction of sp³-hybridized carbons (Fsp3) is 0.545. The van der Waals surface area contributed by atoms with Gasteiger partial charge in [-0.25, -0.2) is 0 Å². The molecule has 0 spiro atoms. The van der Waals surface area contributed by atoms with E-state index in [9.17, 15) is 4.79 Å². The minimum Gasteiger partial charge on any atom is -0.315 e. The average Bonchev–Trinajstić information content (AvgIpc) is 2.09. The van der Waals surface area contributed by atoms with Crippen molar-refractivity contribution in [2.24, 2.45) is 0 Å². The Morgan fingerprint density at radius 1 is 1.38 bits per heavy atom. The van der Waals surface area contributed by atoms with E-state index in [1.54, 1.807) is 0 Å². The summed E-state index contributed by atoms with van der Waals surface area (Å²) in [6.45, 7) is 6.87. The van der Waals surface area contributed by atoms with Crippen LogP contribution in [0.1, 0.15) is 30.9 Å². The van der Waals surface area contributed by atoms with E-state index < -0.39 is 0 Å². The van der Waals surface area contributed by atoms with Gasteiger partial charge >= 0.3 is 0 Å². The second-order valence-electron chi connectivity index (χ2n) is 3.55. The lowest BCUT2D eigenvalue weighted by molar-refractivity contribution is 0.608. The molecule has 2 heteroatoms. The van der Waals surface area contributed by atoms with Crippen LogP contribution in [0.2, 0.25) is 0 Å². The highest BCUT2D eigenvalue weighted by molar-refractivity contribution is 5.16. The molecule has 0 N–H and O–H groups in total. The Morgan fingerprint density at radius 2 is 2.08 bits per heavy atom. The van der Waals surface area contributed by atoms with Crippen molar-refractivity contribution in [3.63, 3.8) is 0 Å². The van der Waals surface area contributed by atoms with Gasteiger partial charge in [0.25, 0.3) is 5.56 Å². The van der Waals surface area contributed by atoms with E-state index in [0.717, 1.165) is 30.5 Å². The lowest BCUT2D eigenvalue weighted by atomic mass is 10.2. The van der Waals surface area contributed by atoms with Gasteiger partial charge in [0, 0.05) is 18.3 Å². The summed E-state index contributed by atoms with van der Waals surface area (Å²) in [6.07, 6.45) is 4.13. The summed E-state index contributed by atoms with van der Waals surface area (Å²) in [7, 11) is 0. The monoisotopic (exact) mass is 179 g/mol. The summed E-state index contributed by atoms with van der Waals surface area (Å²) in [5, 5.41) is 0. The van der Waals surface area contributed by atoms with Crippen LogP contribution < -0.4 is 5.56 Å². The maximum atomic E-state index is 11.6. The fourth-order valence-electron chi connectivity index (χ4n) is 1.47. The summed E-state index contributed by atoms with van der Waals surface area (Å²) in [5.41, 5.74) is 2.16. The third-order valence-electron chi connectivity index (χ3n) is 2.15. The maximum absolute atomic E-state index is 11.6. The molecule has 1 heterocycles. The van der Waals surface area contributed by atoms with Crippen molar-refractivity contribution < 1.29 is 0 Å². The maximum Gasteiger partial charge on any atom is 0.253 e. The van der Waals surface area contributed by atoms with Crippen LogP contribution >= 0.6 is 0 Å². The molecule has 0 aliphatic heterocycles. The number of nitrogens with zero attached hydrogens (tertiary/aromatic N) is 1. The number of hydrogen-bond acceptors (Lipinski definition) is 1. The zero-order valence-corrected chi connectivity index (χ0v) is 8.63. The first-order chi connectivity index (χ1) is 6.15. The molecular weight excluding hydrogens is 162 g/mol. The SMILES string of the molecule is CCCCn1cc(C)cc(C)c1=O. The van der Waals surface area contributed by atoms with Crippen LogP contribution in [0.3, 0.4) is 0 Å². The van der Waals surface area contributed by atoms with Gasteiger partial charge in [0.15, 0.2) is 0 Å². The van der Waals surface area contributed by atoms with E-state index in [4.69, 9.17) is 0 Å². The zero-order valence-electron chi connectivity index (χ0n) is 8.63. The number of pyridine rings is 1. The van der Waals surface area contributed by atoms with Gasteiger partial charge in [0.2, 0.25) is 0 Å². The van der Waals surface area contributed by atoms with Crippen LogP contribution in [-0.4, -0.2) is 4.57 Å². The van der Waals surface area contributed by atoms with E-state index >= 15 is 0 Å². The minimum absolute atomic E-state index is 0.152. The van der Waals surface area contributed by atoms with Gasteiger partial charge in [-0.2, -0.15) is 0 Å². The van der Waals surface area contributed by atoms with Crippen LogP contribution in [0, 0.1) is 13.8 Å². The van der Waals surface area contributed by atoms with Gasteiger partial charge in [-0.1, -0.05) is 13.3 Å². The number of rotatable bonds is 3. The highest BCUT2D eigenvalue weighted by Gasteiger charge is 1.99. The van der Waals surface area contributed by atoms with Crippen LogP contribution in [-0.2, 0) is 6.54 Å². The molecule has 0 amide bonds. The molecule has 1 rings (SSSR count). The summed E-state index contributed by atoms with van der Waals surface area (Å²) in [4.78, 5) is 11.6. The second-order valence-corrected chi connectivity index (χ2v) is 3.55. The zero-order chi connectivity index (χ0) is 9.84. The van der Waals surface area contributed by atoms with Crippen molar-refractivity contribution in [3.8, 4) is 0 Å². The third kappa shape index (κ3) is 2.44. The molecule has 0 saturated heterocycles. The molecule has 0 aromatic carbocycles. The van der Waals surface area contributed by atoms with Crippen LogP contribution in [0.5, 0.6) is 0 Å². The Bertz CT molecular complexity index is 338. The summed E-state index contributed by atoms with van der Waals surface area (Å²) in [5.74, 6) is 0. The highest BCUT2D eigenvalue weighted by Crippen LogP contribution is 1.99. The largest absolute Gasteiger partial charge is 0.315 e. The first-order valence-corrected chi connectivity index (χ1v) is 4.83. The van der Waals surface area contributed by atoms with Crippen LogP contribution in [0.15, 0.2) is 17.1 Å².